The van der Waals surface area contributed by atoms with Crippen molar-refractivity contribution in [3.05, 3.63) is 75.4 Å². The molecule has 0 unspecified atom stereocenters. The van der Waals surface area contributed by atoms with E-state index in [4.69, 9.17) is 4.98 Å². The maximum absolute atomic E-state index is 13.5. The lowest BCUT2D eigenvalue weighted by molar-refractivity contribution is -0.125. The van der Waals surface area contributed by atoms with Gasteiger partial charge in [0.05, 0.1) is 5.57 Å². The molecule has 0 N–H and O–H groups in total. The van der Waals surface area contributed by atoms with Gasteiger partial charge < -0.3 is 9.80 Å². The van der Waals surface area contributed by atoms with Crippen molar-refractivity contribution in [2.24, 2.45) is 0 Å². The van der Waals surface area contributed by atoms with Gasteiger partial charge in [0, 0.05) is 48.7 Å². The number of carbonyl (C=O) groups is 1. The molecule has 0 bridgehead atoms. The third kappa shape index (κ3) is 5.07. The summed E-state index contributed by atoms with van der Waals surface area (Å²) >= 11 is 1.61. The van der Waals surface area contributed by atoms with Crippen molar-refractivity contribution < 1.29 is 4.79 Å². The molecule has 1 aliphatic heterocycles. The number of thiophene rings is 1. The van der Waals surface area contributed by atoms with Gasteiger partial charge in [0.15, 0.2) is 0 Å². The zero-order chi connectivity index (χ0) is 22.7. The van der Waals surface area contributed by atoms with Gasteiger partial charge in [0.25, 0.3) is 5.91 Å². The Hall–Kier alpha value is -2.99. The summed E-state index contributed by atoms with van der Waals surface area (Å²) in [5.74, 6) is 2.22. The quantitative estimate of drug-likeness (QED) is 0.508. The number of aryl methyl sites for hydroxylation is 2. The van der Waals surface area contributed by atoms with Crippen molar-refractivity contribution in [1.29, 1.82) is 0 Å². The predicted octanol–water partition coefficient (Wildman–Crippen LogP) is 5.17. The summed E-state index contributed by atoms with van der Waals surface area (Å²) in [7, 11) is 0. The second-order valence-corrected chi connectivity index (χ2v) is 9.56. The average molecular weight is 447 g/mol. The zero-order valence-electron chi connectivity index (χ0n) is 19.2. The first-order valence-electron chi connectivity index (χ1n) is 11.1. The monoisotopic (exact) mass is 446 g/mol. The number of amides is 1. The van der Waals surface area contributed by atoms with Crippen molar-refractivity contribution in [2.75, 3.05) is 31.1 Å². The highest BCUT2D eigenvalue weighted by atomic mass is 32.1. The van der Waals surface area contributed by atoms with Gasteiger partial charge in [-0.1, -0.05) is 49.7 Å². The third-order valence-corrected chi connectivity index (χ3v) is 6.54. The Labute approximate surface area is 194 Å². The first kappa shape index (κ1) is 22.2. The summed E-state index contributed by atoms with van der Waals surface area (Å²) in [5, 5.41) is 2.02. The number of rotatable bonds is 5. The number of anilines is 1. The minimum Gasteiger partial charge on any atom is -0.353 e. The lowest BCUT2D eigenvalue weighted by atomic mass is 10.1. The highest BCUT2D eigenvalue weighted by molar-refractivity contribution is 7.11. The van der Waals surface area contributed by atoms with Gasteiger partial charge in [-0.3, -0.25) is 4.79 Å². The Balaban J connectivity index is 1.52. The fourth-order valence-corrected chi connectivity index (χ4v) is 4.63. The summed E-state index contributed by atoms with van der Waals surface area (Å²) in [5.41, 5.74) is 3.99. The van der Waals surface area contributed by atoms with Crippen LogP contribution in [0.2, 0.25) is 0 Å². The van der Waals surface area contributed by atoms with Gasteiger partial charge >= 0.3 is 0 Å². The van der Waals surface area contributed by atoms with E-state index in [1.807, 2.05) is 47.5 Å². The lowest BCUT2D eigenvalue weighted by Gasteiger charge is -2.36. The molecule has 4 rings (SSSR count). The van der Waals surface area contributed by atoms with E-state index in [1.165, 1.54) is 5.56 Å². The van der Waals surface area contributed by atoms with E-state index in [9.17, 15) is 4.79 Å². The van der Waals surface area contributed by atoms with E-state index < -0.39 is 0 Å². The molecule has 1 aliphatic rings. The Bertz CT molecular complexity index is 1110. The van der Waals surface area contributed by atoms with Crippen molar-refractivity contribution in [3.8, 4) is 0 Å². The van der Waals surface area contributed by atoms with Crippen molar-refractivity contribution in [1.82, 2.24) is 14.9 Å². The molecule has 0 atom stereocenters. The van der Waals surface area contributed by atoms with Crippen LogP contribution in [0.15, 0.2) is 47.8 Å². The van der Waals surface area contributed by atoms with E-state index in [2.05, 4.69) is 48.9 Å². The van der Waals surface area contributed by atoms with Crippen molar-refractivity contribution in [3.63, 3.8) is 0 Å². The molecule has 2 aromatic heterocycles. The summed E-state index contributed by atoms with van der Waals surface area (Å²) in [4.78, 5) is 28.1. The smallest absolute Gasteiger partial charge is 0.255 e. The number of aromatic nitrogens is 2. The van der Waals surface area contributed by atoms with Gasteiger partial charge in [0.2, 0.25) is 0 Å². The molecule has 166 valence electrons. The van der Waals surface area contributed by atoms with Crippen molar-refractivity contribution in [2.45, 2.75) is 33.6 Å². The standard InChI is InChI=1S/C26H30N4OS/c1-18(2)25-27-20(4)16-24(28-25)29-10-12-30(13-11-29)26(31)22(23-9-6-14-32-23)17-21-8-5-7-19(3)15-21/h5-9,14-18H,10-13H2,1-4H3/b22-17-. The Kier molecular flexibility index (Phi) is 6.70. The van der Waals surface area contributed by atoms with Crippen molar-refractivity contribution >= 4 is 34.7 Å². The Morgan fingerprint density at radius 2 is 1.81 bits per heavy atom. The lowest BCUT2D eigenvalue weighted by Crippen LogP contribution is -2.49. The normalized spacial score (nSPS) is 14.8. The van der Waals surface area contributed by atoms with Crippen LogP contribution in [0.3, 0.4) is 0 Å². The van der Waals surface area contributed by atoms with Gasteiger partial charge in [0.1, 0.15) is 11.6 Å². The molecule has 0 saturated carbocycles. The molecule has 3 aromatic rings. The number of hydrogen-bond donors (Lipinski definition) is 0. The zero-order valence-corrected chi connectivity index (χ0v) is 20.0. The van der Waals surface area contributed by atoms with Crippen LogP contribution in [-0.4, -0.2) is 47.0 Å². The van der Waals surface area contributed by atoms with Gasteiger partial charge in [-0.25, -0.2) is 9.97 Å². The largest absolute Gasteiger partial charge is 0.353 e. The maximum atomic E-state index is 13.5. The molecule has 1 amide bonds. The van der Waals surface area contributed by atoms with E-state index in [0.717, 1.165) is 46.4 Å². The molecule has 32 heavy (non-hydrogen) atoms. The fraction of sp³-hybridized carbons (Fsp3) is 0.346. The van der Waals surface area contributed by atoms with Crippen LogP contribution in [0.25, 0.3) is 11.6 Å². The second kappa shape index (κ2) is 9.65. The van der Waals surface area contributed by atoms with Gasteiger partial charge in [-0.2, -0.15) is 0 Å². The van der Waals surface area contributed by atoms with Crippen LogP contribution in [0, 0.1) is 13.8 Å². The Morgan fingerprint density at radius 1 is 1.03 bits per heavy atom. The molecule has 1 aromatic carbocycles. The molecule has 5 nitrogen and oxygen atoms in total. The highest BCUT2D eigenvalue weighted by Gasteiger charge is 2.26. The number of carbonyl (C=O) groups excluding carboxylic acids is 1. The summed E-state index contributed by atoms with van der Waals surface area (Å²) in [6, 6.07) is 14.3. The molecule has 3 heterocycles. The molecule has 1 saturated heterocycles. The van der Waals surface area contributed by atoms with E-state index in [0.29, 0.717) is 13.1 Å². The van der Waals surface area contributed by atoms with Crippen LogP contribution in [-0.2, 0) is 4.79 Å². The van der Waals surface area contributed by atoms with E-state index in [1.54, 1.807) is 11.3 Å². The molecule has 6 heteroatoms. The molecule has 1 fully saturated rings. The molecule has 0 aliphatic carbocycles. The van der Waals surface area contributed by atoms with Crippen LogP contribution in [0.5, 0.6) is 0 Å². The summed E-state index contributed by atoms with van der Waals surface area (Å²) in [6.07, 6.45) is 2.02. The molecular formula is C26H30N4OS. The minimum atomic E-state index is 0.0929. The van der Waals surface area contributed by atoms with Gasteiger partial charge in [-0.05, 0) is 36.9 Å². The number of piperazine rings is 1. The number of hydrogen-bond acceptors (Lipinski definition) is 5. The maximum Gasteiger partial charge on any atom is 0.255 e. The van der Waals surface area contributed by atoms with Crippen LogP contribution in [0.1, 0.15) is 47.3 Å². The minimum absolute atomic E-state index is 0.0929. The van der Waals surface area contributed by atoms with Crippen LogP contribution >= 0.6 is 11.3 Å². The first-order chi connectivity index (χ1) is 15.4. The molecular weight excluding hydrogens is 416 g/mol. The molecule has 0 spiro atoms. The molecule has 0 radical (unpaired) electrons. The predicted molar refractivity (Wildman–Crippen MR) is 133 cm³/mol. The van der Waals surface area contributed by atoms with E-state index in [-0.39, 0.29) is 11.8 Å². The third-order valence-electron chi connectivity index (χ3n) is 5.64. The Morgan fingerprint density at radius 3 is 2.47 bits per heavy atom. The fourth-order valence-electron chi connectivity index (χ4n) is 3.90. The van der Waals surface area contributed by atoms with Crippen LogP contribution < -0.4 is 4.90 Å². The average Bonchev–Trinajstić information content (AvgIpc) is 3.31. The number of nitrogens with zero attached hydrogens (tertiary/aromatic N) is 4. The van der Waals surface area contributed by atoms with E-state index >= 15 is 0 Å². The van der Waals surface area contributed by atoms with Gasteiger partial charge in [-0.15, -0.1) is 11.3 Å². The summed E-state index contributed by atoms with van der Waals surface area (Å²) < 4.78 is 0. The first-order valence-corrected chi connectivity index (χ1v) is 12.0. The number of benzene rings is 1. The highest BCUT2D eigenvalue weighted by Crippen LogP contribution is 2.27. The topological polar surface area (TPSA) is 49.3 Å². The van der Waals surface area contributed by atoms with Crippen LogP contribution in [0.4, 0.5) is 5.82 Å². The SMILES string of the molecule is Cc1cccc(/C=C(\C(=O)N2CCN(c3cc(C)nc(C(C)C)n3)CC2)c2cccs2)c1. The summed E-state index contributed by atoms with van der Waals surface area (Å²) in [6.45, 7) is 11.2. The second-order valence-electron chi connectivity index (χ2n) is 8.61.